The fourth-order valence-electron chi connectivity index (χ4n) is 4.02. The molecule has 0 radical (unpaired) electrons. The van der Waals surface area contributed by atoms with E-state index >= 15 is 0 Å². The van der Waals surface area contributed by atoms with Gasteiger partial charge in [0.25, 0.3) is 0 Å². The monoisotopic (exact) mass is 398 g/mol. The highest BCUT2D eigenvalue weighted by atomic mass is 32.2. The Balaban J connectivity index is 1.29. The lowest BCUT2D eigenvalue weighted by Crippen LogP contribution is -2.34. The minimum atomic E-state index is 0.137. The van der Waals surface area contributed by atoms with E-state index in [4.69, 9.17) is 4.74 Å². The predicted molar refractivity (Wildman–Crippen MR) is 110 cm³/mol. The van der Waals surface area contributed by atoms with E-state index in [1.165, 1.54) is 37.4 Å². The Hall–Kier alpha value is -2.02. The van der Waals surface area contributed by atoms with Crippen LogP contribution in [0.1, 0.15) is 54.6 Å². The van der Waals surface area contributed by atoms with E-state index in [0.717, 1.165) is 53.4 Å². The number of rotatable bonds is 6. The molecule has 1 saturated heterocycles. The van der Waals surface area contributed by atoms with E-state index < -0.39 is 0 Å². The number of Topliss-reactive ketones (excluding diaryl/α,β-unsaturated/α-hetero) is 1. The molecule has 1 saturated carbocycles. The summed E-state index contributed by atoms with van der Waals surface area (Å²) in [7, 11) is 0. The highest BCUT2D eigenvalue weighted by Gasteiger charge is 2.32. The van der Waals surface area contributed by atoms with Gasteiger partial charge in [-0.1, -0.05) is 18.7 Å². The van der Waals surface area contributed by atoms with Gasteiger partial charge in [0.15, 0.2) is 10.9 Å². The molecule has 0 amide bonds. The van der Waals surface area contributed by atoms with Crippen LogP contribution in [-0.4, -0.2) is 46.0 Å². The maximum absolute atomic E-state index is 12.7. The summed E-state index contributed by atoms with van der Waals surface area (Å²) in [6.45, 7) is 5.13. The van der Waals surface area contributed by atoms with Gasteiger partial charge in [-0.15, -0.1) is 10.2 Å². The molecule has 2 fully saturated rings. The standard InChI is InChI=1S/C21H26N4O2S/c1-14-6-9-24(10-7-14)20-22-23-21(25(20)17-3-4-17)28-13-18(26)15-2-5-19-16(12-15)8-11-27-19/h2,5,12,14,17H,3-4,6-11,13H2,1H3. The van der Waals surface area contributed by atoms with E-state index in [-0.39, 0.29) is 5.78 Å². The maximum Gasteiger partial charge on any atom is 0.228 e. The summed E-state index contributed by atoms with van der Waals surface area (Å²) in [6.07, 6.45) is 5.67. The number of piperidine rings is 1. The van der Waals surface area contributed by atoms with E-state index in [1.807, 2.05) is 18.2 Å². The smallest absolute Gasteiger partial charge is 0.228 e. The van der Waals surface area contributed by atoms with Gasteiger partial charge in [-0.3, -0.25) is 9.36 Å². The van der Waals surface area contributed by atoms with E-state index in [9.17, 15) is 4.79 Å². The fraction of sp³-hybridized carbons (Fsp3) is 0.571. The first-order chi connectivity index (χ1) is 13.7. The zero-order chi connectivity index (χ0) is 19.1. The van der Waals surface area contributed by atoms with Crippen LogP contribution in [0.5, 0.6) is 5.75 Å². The summed E-state index contributed by atoms with van der Waals surface area (Å²) in [5.41, 5.74) is 1.90. The lowest BCUT2D eigenvalue weighted by Gasteiger charge is -2.31. The van der Waals surface area contributed by atoms with Gasteiger partial charge in [0, 0.05) is 31.1 Å². The Labute approximate surface area is 169 Å². The number of ketones is 1. The van der Waals surface area contributed by atoms with Gasteiger partial charge in [-0.05, 0) is 55.4 Å². The number of thioether (sulfide) groups is 1. The summed E-state index contributed by atoms with van der Waals surface area (Å²) in [4.78, 5) is 15.1. The molecule has 28 heavy (non-hydrogen) atoms. The number of ether oxygens (including phenoxy) is 1. The van der Waals surface area contributed by atoms with Gasteiger partial charge in [-0.2, -0.15) is 0 Å². The molecule has 7 heteroatoms. The summed E-state index contributed by atoms with van der Waals surface area (Å²) >= 11 is 1.52. The Morgan fingerprint density at radius 1 is 1.21 bits per heavy atom. The van der Waals surface area contributed by atoms with Crippen molar-refractivity contribution in [3.8, 4) is 5.75 Å². The molecule has 3 aliphatic rings. The van der Waals surface area contributed by atoms with Crippen LogP contribution in [0.2, 0.25) is 0 Å². The second-order valence-electron chi connectivity index (χ2n) is 8.19. The normalized spacial score (nSPS) is 19.5. The fourth-order valence-corrected chi connectivity index (χ4v) is 4.91. The molecule has 5 rings (SSSR count). The molecule has 0 bridgehead atoms. The van der Waals surface area contributed by atoms with E-state index in [0.29, 0.717) is 18.4 Å². The first-order valence-corrected chi connectivity index (χ1v) is 11.3. The van der Waals surface area contributed by atoms with Crippen molar-refractivity contribution in [3.63, 3.8) is 0 Å². The van der Waals surface area contributed by atoms with Crippen LogP contribution < -0.4 is 9.64 Å². The Morgan fingerprint density at radius 3 is 2.82 bits per heavy atom. The molecular weight excluding hydrogens is 372 g/mol. The summed E-state index contributed by atoms with van der Waals surface area (Å²) in [6, 6.07) is 6.28. The zero-order valence-corrected chi connectivity index (χ0v) is 17.1. The van der Waals surface area contributed by atoms with Gasteiger partial charge in [0.05, 0.1) is 12.4 Å². The third-order valence-corrected chi connectivity index (χ3v) is 6.91. The number of carbonyl (C=O) groups excluding carboxylic acids is 1. The van der Waals surface area contributed by atoms with Gasteiger partial charge >= 0.3 is 0 Å². The van der Waals surface area contributed by atoms with Gasteiger partial charge in [0.1, 0.15) is 5.75 Å². The molecule has 1 aromatic heterocycles. The second kappa shape index (κ2) is 7.43. The van der Waals surface area contributed by atoms with Crippen LogP contribution in [0, 0.1) is 5.92 Å². The molecule has 2 aliphatic heterocycles. The molecule has 0 spiro atoms. The molecule has 148 valence electrons. The number of nitrogens with zero attached hydrogens (tertiary/aromatic N) is 4. The van der Waals surface area contributed by atoms with Crippen LogP contribution >= 0.6 is 11.8 Å². The maximum atomic E-state index is 12.7. The minimum Gasteiger partial charge on any atom is -0.493 e. The molecule has 3 heterocycles. The van der Waals surface area contributed by atoms with Crippen molar-refractivity contribution in [2.45, 2.75) is 50.2 Å². The largest absolute Gasteiger partial charge is 0.493 e. The van der Waals surface area contributed by atoms with Gasteiger partial charge < -0.3 is 9.64 Å². The lowest BCUT2D eigenvalue weighted by atomic mass is 10.00. The molecule has 0 N–H and O–H groups in total. The van der Waals surface area contributed by atoms with Gasteiger partial charge in [-0.25, -0.2) is 0 Å². The van der Waals surface area contributed by atoms with Crippen LogP contribution in [0.15, 0.2) is 23.4 Å². The number of carbonyl (C=O) groups is 1. The van der Waals surface area contributed by atoms with E-state index in [1.54, 1.807) is 0 Å². The molecule has 1 aromatic carbocycles. The van der Waals surface area contributed by atoms with Crippen molar-refractivity contribution in [1.82, 2.24) is 14.8 Å². The molecule has 0 unspecified atom stereocenters. The zero-order valence-electron chi connectivity index (χ0n) is 16.3. The SMILES string of the molecule is CC1CCN(c2nnc(SCC(=O)c3ccc4c(c3)CCO4)n2C2CC2)CC1. The van der Waals surface area contributed by atoms with Crippen LogP contribution in [-0.2, 0) is 6.42 Å². The van der Waals surface area contributed by atoms with Crippen molar-refractivity contribution in [3.05, 3.63) is 29.3 Å². The average molecular weight is 399 g/mol. The van der Waals surface area contributed by atoms with Crippen molar-refractivity contribution in [2.24, 2.45) is 5.92 Å². The summed E-state index contributed by atoms with van der Waals surface area (Å²) < 4.78 is 7.82. The predicted octanol–water partition coefficient (Wildman–Crippen LogP) is 3.76. The molecular formula is C21H26N4O2S. The van der Waals surface area contributed by atoms with Crippen LogP contribution in [0.25, 0.3) is 0 Å². The molecule has 0 atom stereocenters. The number of benzene rings is 1. The number of hydrogen-bond donors (Lipinski definition) is 0. The minimum absolute atomic E-state index is 0.137. The average Bonchev–Trinajstić information content (AvgIpc) is 3.28. The molecule has 2 aromatic rings. The third-order valence-electron chi connectivity index (χ3n) is 5.97. The second-order valence-corrected chi connectivity index (χ2v) is 9.13. The van der Waals surface area contributed by atoms with Crippen molar-refractivity contribution >= 4 is 23.5 Å². The number of fused-ring (bicyclic) bond motifs is 1. The highest BCUT2D eigenvalue weighted by molar-refractivity contribution is 7.99. The number of anilines is 1. The Morgan fingerprint density at radius 2 is 2.04 bits per heavy atom. The molecule has 6 nitrogen and oxygen atoms in total. The number of aromatic nitrogens is 3. The highest BCUT2D eigenvalue weighted by Crippen LogP contribution is 2.41. The quantitative estimate of drug-likeness (QED) is 0.545. The Bertz CT molecular complexity index is 885. The number of hydrogen-bond acceptors (Lipinski definition) is 6. The summed E-state index contributed by atoms with van der Waals surface area (Å²) in [5.74, 6) is 3.23. The van der Waals surface area contributed by atoms with Crippen LogP contribution in [0.3, 0.4) is 0 Å². The molecule has 1 aliphatic carbocycles. The van der Waals surface area contributed by atoms with Gasteiger partial charge in [0.2, 0.25) is 5.95 Å². The van der Waals surface area contributed by atoms with Crippen LogP contribution in [0.4, 0.5) is 5.95 Å². The third kappa shape index (κ3) is 3.52. The summed E-state index contributed by atoms with van der Waals surface area (Å²) in [5, 5.41) is 9.85. The first kappa shape index (κ1) is 18.0. The van der Waals surface area contributed by atoms with Crippen molar-refractivity contribution in [1.29, 1.82) is 0 Å². The lowest BCUT2D eigenvalue weighted by molar-refractivity contribution is 0.102. The Kier molecular flexibility index (Phi) is 4.78. The first-order valence-electron chi connectivity index (χ1n) is 10.3. The van der Waals surface area contributed by atoms with E-state index in [2.05, 4.69) is 26.6 Å². The van der Waals surface area contributed by atoms with Crippen molar-refractivity contribution in [2.75, 3.05) is 30.3 Å². The van der Waals surface area contributed by atoms with Crippen molar-refractivity contribution < 1.29 is 9.53 Å². The topological polar surface area (TPSA) is 60.3 Å².